The molecule has 1 heterocycles. The second-order valence-electron chi connectivity index (χ2n) is 5.26. The Morgan fingerprint density at radius 3 is 2.62 bits per heavy atom. The van der Waals surface area contributed by atoms with Crippen molar-refractivity contribution in [3.05, 3.63) is 48.3 Å². The highest BCUT2D eigenvalue weighted by atomic mass is 127. The van der Waals surface area contributed by atoms with E-state index in [-0.39, 0.29) is 30.1 Å². The monoisotopic (exact) mass is 443 g/mol. The quantitative estimate of drug-likeness (QED) is 0.392. The van der Waals surface area contributed by atoms with Crippen LogP contribution in [0.2, 0.25) is 0 Å². The molecule has 132 valence electrons. The van der Waals surface area contributed by atoms with Crippen LogP contribution in [0.25, 0.3) is 0 Å². The molecule has 2 rings (SSSR count). The molecule has 7 heteroatoms. The van der Waals surface area contributed by atoms with E-state index in [4.69, 9.17) is 4.74 Å². The van der Waals surface area contributed by atoms with Crippen molar-refractivity contribution in [1.29, 1.82) is 0 Å². The van der Waals surface area contributed by atoms with Crippen LogP contribution < -0.4 is 15.4 Å². The first-order chi connectivity index (χ1) is 11.2. The van der Waals surface area contributed by atoms with Gasteiger partial charge in [-0.15, -0.1) is 24.0 Å². The van der Waals surface area contributed by atoms with Crippen LogP contribution in [-0.2, 0) is 13.6 Å². The number of ether oxygens (including phenoxy) is 1. The Labute approximate surface area is 160 Å². The zero-order chi connectivity index (χ0) is 16.5. The molecule has 1 atom stereocenters. The summed E-state index contributed by atoms with van der Waals surface area (Å²) < 4.78 is 7.68. The maximum Gasteiger partial charge on any atom is 0.191 e. The van der Waals surface area contributed by atoms with Crippen molar-refractivity contribution in [2.45, 2.75) is 26.5 Å². The summed E-state index contributed by atoms with van der Waals surface area (Å²) in [6.45, 7) is 6.15. The largest absolute Gasteiger partial charge is 0.489 e. The number of rotatable bonds is 7. The predicted molar refractivity (Wildman–Crippen MR) is 108 cm³/mol. The molecule has 0 spiro atoms. The normalized spacial score (nSPS) is 12.2. The van der Waals surface area contributed by atoms with Gasteiger partial charge in [-0.2, -0.15) is 5.10 Å². The third-order valence-electron chi connectivity index (χ3n) is 3.30. The van der Waals surface area contributed by atoms with E-state index in [1.54, 1.807) is 6.20 Å². The number of guanidine groups is 1. The van der Waals surface area contributed by atoms with Crippen molar-refractivity contribution in [2.24, 2.45) is 12.0 Å². The first-order valence-electron chi connectivity index (χ1n) is 7.89. The number of halogens is 1. The number of para-hydroxylation sites is 1. The molecule has 0 radical (unpaired) electrons. The van der Waals surface area contributed by atoms with Gasteiger partial charge in [0.15, 0.2) is 5.96 Å². The van der Waals surface area contributed by atoms with Gasteiger partial charge in [0, 0.05) is 19.8 Å². The van der Waals surface area contributed by atoms with Crippen LogP contribution >= 0.6 is 24.0 Å². The zero-order valence-corrected chi connectivity index (χ0v) is 16.7. The summed E-state index contributed by atoms with van der Waals surface area (Å²) in [7, 11) is 1.92. The smallest absolute Gasteiger partial charge is 0.191 e. The Hall–Kier alpha value is -1.77. The molecule has 6 nitrogen and oxygen atoms in total. The molecular formula is C17H26IN5O. The summed E-state index contributed by atoms with van der Waals surface area (Å²) in [6.07, 6.45) is 1.82. The lowest BCUT2D eigenvalue weighted by Crippen LogP contribution is -2.41. The van der Waals surface area contributed by atoms with Crippen molar-refractivity contribution >= 4 is 29.9 Å². The number of nitrogens with zero attached hydrogens (tertiary/aromatic N) is 3. The molecule has 2 aromatic rings. The van der Waals surface area contributed by atoms with E-state index >= 15 is 0 Å². The number of benzene rings is 1. The van der Waals surface area contributed by atoms with Crippen molar-refractivity contribution in [1.82, 2.24) is 20.4 Å². The lowest BCUT2D eigenvalue weighted by Gasteiger charge is -2.17. The third kappa shape index (κ3) is 6.77. The molecule has 2 N–H and O–H groups in total. The summed E-state index contributed by atoms with van der Waals surface area (Å²) >= 11 is 0. The maximum atomic E-state index is 5.85. The highest BCUT2D eigenvalue weighted by molar-refractivity contribution is 14.0. The van der Waals surface area contributed by atoms with Crippen LogP contribution in [0.5, 0.6) is 5.75 Å². The molecule has 24 heavy (non-hydrogen) atoms. The van der Waals surface area contributed by atoms with Crippen LogP contribution in [0.1, 0.15) is 19.5 Å². The molecule has 1 unspecified atom stereocenters. The highest BCUT2D eigenvalue weighted by Crippen LogP contribution is 2.10. The van der Waals surface area contributed by atoms with Crippen molar-refractivity contribution < 1.29 is 4.74 Å². The molecule has 0 bridgehead atoms. The molecule has 0 aliphatic rings. The van der Waals surface area contributed by atoms with Gasteiger partial charge in [0.1, 0.15) is 11.9 Å². The second kappa shape index (κ2) is 10.9. The highest BCUT2D eigenvalue weighted by Gasteiger charge is 2.06. The molecule has 0 aliphatic carbocycles. The summed E-state index contributed by atoms with van der Waals surface area (Å²) in [5.74, 6) is 1.65. The number of aliphatic imine (C=N–C) groups is 1. The predicted octanol–water partition coefficient (Wildman–Crippen LogP) is 2.56. The molecule has 0 amide bonds. The molecule has 0 fully saturated rings. The third-order valence-corrected chi connectivity index (χ3v) is 3.30. The average Bonchev–Trinajstić information content (AvgIpc) is 2.96. The molecule has 0 aliphatic heterocycles. The summed E-state index contributed by atoms with van der Waals surface area (Å²) in [6, 6.07) is 11.8. The fraction of sp³-hybridized carbons (Fsp3) is 0.412. The van der Waals surface area contributed by atoms with Crippen molar-refractivity contribution in [3.63, 3.8) is 0 Å². The fourth-order valence-electron chi connectivity index (χ4n) is 2.07. The van der Waals surface area contributed by atoms with E-state index in [0.29, 0.717) is 13.1 Å². The Bertz CT molecular complexity index is 614. The Kier molecular flexibility index (Phi) is 9.21. The van der Waals surface area contributed by atoms with Gasteiger partial charge in [-0.1, -0.05) is 18.2 Å². The van der Waals surface area contributed by atoms with E-state index in [9.17, 15) is 0 Å². The maximum absolute atomic E-state index is 5.85. The minimum atomic E-state index is 0. The van der Waals surface area contributed by atoms with Crippen LogP contribution in [-0.4, -0.2) is 34.9 Å². The topological polar surface area (TPSA) is 63.5 Å². The summed E-state index contributed by atoms with van der Waals surface area (Å²) in [4.78, 5) is 4.57. The van der Waals surface area contributed by atoms with Crippen molar-refractivity contribution in [3.8, 4) is 5.75 Å². The summed E-state index contributed by atoms with van der Waals surface area (Å²) in [5, 5.41) is 10.7. The number of hydrogen-bond donors (Lipinski definition) is 2. The van der Waals surface area contributed by atoms with E-state index < -0.39 is 0 Å². The van der Waals surface area contributed by atoms with Gasteiger partial charge in [-0.25, -0.2) is 4.99 Å². The Morgan fingerprint density at radius 1 is 1.25 bits per heavy atom. The van der Waals surface area contributed by atoms with Crippen LogP contribution in [0, 0.1) is 0 Å². The minimum absolute atomic E-state index is 0. The van der Waals surface area contributed by atoms with E-state index in [1.807, 2.05) is 62.0 Å². The fourth-order valence-corrected chi connectivity index (χ4v) is 2.07. The lowest BCUT2D eigenvalue weighted by molar-refractivity contribution is 0.224. The van der Waals surface area contributed by atoms with Crippen LogP contribution in [0.15, 0.2) is 47.6 Å². The van der Waals surface area contributed by atoms with Gasteiger partial charge < -0.3 is 15.4 Å². The van der Waals surface area contributed by atoms with Crippen LogP contribution in [0.4, 0.5) is 0 Å². The van der Waals surface area contributed by atoms with E-state index in [1.165, 1.54) is 0 Å². The second-order valence-corrected chi connectivity index (χ2v) is 5.26. The number of aryl methyl sites for hydroxylation is 1. The SMILES string of the molecule is CCNC(=NCc1ccnn1C)NCC(C)Oc1ccccc1.I. The first-order valence-corrected chi connectivity index (χ1v) is 7.89. The van der Waals surface area contributed by atoms with E-state index in [2.05, 4.69) is 20.7 Å². The Morgan fingerprint density at radius 2 is 2.00 bits per heavy atom. The number of hydrogen-bond acceptors (Lipinski definition) is 3. The van der Waals surface area contributed by atoms with E-state index in [0.717, 1.165) is 23.9 Å². The van der Waals surface area contributed by atoms with Gasteiger partial charge in [-0.3, -0.25) is 4.68 Å². The minimum Gasteiger partial charge on any atom is -0.489 e. The van der Waals surface area contributed by atoms with Crippen LogP contribution in [0.3, 0.4) is 0 Å². The molecule has 1 aromatic heterocycles. The number of aromatic nitrogens is 2. The molecule has 1 aromatic carbocycles. The molecule has 0 saturated carbocycles. The summed E-state index contributed by atoms with van der Waals surface area (Å²) in [5.41, 5.74) is 1.07. The van der Waals surface area contributed by atoms with Crippen molar-refractivity contribution in [2.75, 3.05) is 13.1 Å². The van der Waals surface area contributed by atoms with Gasteiger partial charge in [0.05, 0.1) is 18.8 Å². The molecular weight excluding hydrogens is 417 g/mol. The van der Waals surface area contributed by atoms with Gasteiger partial charge in [0.25, 0.3) is 0 Å². The van der Waals surface area contributed by atoms with Gasteiger partial charge in [-0.05, 0) is 32.0 Å². The Balaban J connectivity index is 0.00000288. The molecule has 0 saturated heterocycles. The first kappa shape index (κ1) is 20.3. The number of nitrogens with one attached hydrogen (secondary N) is 2. The standard InChI is InChI=1S/C17H25N5O.HI/c1-4-18-17(20-13-15-10-11-21-22(15)3)19-12-14(2)23-16-8-6-5-7-9-16;/h5-11,14H,4,12-13H2,1-3H3,(H2,18,19,20);1H. The van der Waals surface area contributed by atoms with Gasteiger partial charge in [0.2, 0.25) is 0 Å². The zero-order valence-electron chi connectivity index (χ0n) is 14.4. The lowest BCUT2D eigenvalue weighted by atomic mass is 10.3. The van der Waals surface area contributed by atoms with Gasteiger partial charge >= 0.3 is 0 Å². The average molecular weight is 443 g/mol.